The minimum Gasteiger partial charge on any atom is -0.370 e. The number of amides is 4. The van der Waals surface area contributed by atoms with Crippen LogP contribution in [0.3, 0.4) is 0 Å². The fraction of sp³-hybridized carbons (Fsp3) is 0.697. The summed E-state index contributed by atoms with van der Waals surface area (Å²) in [5, 5.41) is 2.98. The maximum Gasteiger partial charge on any atom is 0.318 e. The molecule has 11 nitrogen and oxygen atoms in total. The first-order chi connectivity index (χ1) is 21.3. The van der Waals surface area contributed by atoms with Crippen LogP contribution in [-0.4, -0.2) is 67.8 Å². The lowest BCUT2D eigenvalue weighted by Crippen LogP contribution is -2.50. The first-order valence-corrected chi connectivity index (χ1v) is 18.3. The summed E-state index contributed by atoms with van der Waals surface area (Å²) in [6.45, 7) is 4.38. The number of rotatable bonds is 19. The van der Waals surface area contributed by atoms with Gasteiger partial charge in [0, 0.05) is 38.7 Å². The van der Waals surface area contributed by atoms with Crippen molar-refractivity contribution >= 4 is 39.4 Å². The van der Waals surface area contributed by atoms with Crippen molar-refractivity contribution in [2.45, 2.75) is 122 Å². The van der Waals surface area contributed by atoms with Gasteiger partial charge < -0.3 is 16.8 Å². The van der Waals surface area contributed by atoms with E-state index in [0.717, 1.165) is 54.6 Å². The van der Waals surface area contributed by atoms with Gasteiger partial charge in [0.1, 0.15) is 11.4 Å². The van der Waals surface area contributed by atoms with Crippen LogP contribution in [0.1, 0.15) is 113 Å². The van der Waals surface area contributed by atoms with Crippen LogP contribution in [0, 0.1) is 13.8 Å². The molecular formula is C33H54N6O5S. The Morgan fingerprint density at radius 1 is 0.889 bits per heavy atom. The smallest absolute Gasteiger partial charge is 0.318 e. The Morgan fingerprint density at radius 3 is 1.91 bits per heavy atom. The molecule has 0 aliphatic carbocycles. The van der Waals surface area contributed by atoms with Crippen LogP contribution in [0.2, 0.25) is 0 Å². The van der Waals surface area contributed by atoms with Gasteiger partial charge in [-0.2, -0.15) is 0 Å². The van der Waals surface area contributed by atoms with Gasteiger partial charge in [-0.15, -0.1) is 0 Å². The molecule has 1 aromatic carbocycles. The van der Waals surface area contributed by atoms with Gasteiger partial charge in [0.2, 0.25) is 15.9 Å². The van der Waals surface area contributed by atoms with E-state index in [1.165, 1.54) is 54.2 Å². The third kappa shape index (κ3) is 10.8. The number of amidine groups is 1. The van der Waals surface area contributed by atoms with Crippen LogP contribution < -0.4 is 21.7 Å². The molecular weight excluding hydrogens is 592 g/mol. The number of hydrogen-bond donors (Lipinski definition) is 3. The van der Waals surface area contributed by atoms with Crippen LogP contribution in [0.4, 0.5) is 10.5 Å². The highest BCUT2D eigenvalue weighted by atomic mass is 32.2. The number of carbonyl (C=O) groups is 3. The van der Waals surface area contributed by atoms with E-state index in [4.69, 9.17) is 16.5 Å². The zero-order chi connectivity index (χ0) is 33.0. The van der Waals surface area contributed by atoms with Crippen molar-refractivity contribution < 1.29 is 22.8 Å². The predicted octanol–water partition coefficient (Wildman–Crippen LogP) is 4.61. The van der Waals surface area contributed by atoms with Crippen LogP contribution in [0.5, 0.6) is 0 Å². The number of piperidine rings is 1. The number of aryl methyl sites for hydroxylation is 2. The number of nitrogens with one attached hydrogen (secondary N) is 1. The molecule has 3 rings (SSSR count). The Kier molecular flexibility index (Phi) is 13.8. The quantitative estimate of drug-likeness (QED) is 0.186. The van der Waals surface area contributed by atoms with Gasteiger partial charge in [0.15, 0.2) is 0 Å². The number of primary amides is 2. The monoisotopic (exact) mass is 646 g/mol. The lowest BCUT2D eigenvalue weighted by atomic mass is 9.89. The number of carbonyl (C=O) groups excluding carboxylic acids is 3. The number of aliphatic imine (C=N–C) groups is 1. The molecule has 252 valence electrons. The number of unbranched alkanes of at least 4 members (excludes halogenated alkanes) is 10. The van der Waals surface area contributed by atoms with Crippen LogP contribution in [-0.2, 0) is 26.0 Å². The van der Waals surface area contributed by atoms with Crippen molar-refractivity contribution in [3.8, 4) is 0 Å². The molecule has 0 unspecified atom stereocenters. The number of urea groups is 1. The van der Waals surface area contributed by atoms with Gasteiger partial charge in [0.25, 0.3) is 5.91 Å². The average molecular weight is 647 g/mol. The summed E-state index contributed by atoms with van der Waals surface area (Å²) in [5.74, 6) is 0.410. The summed E-state index contributed by atoms with van der Waals surface area (Å²) in [6, 6.07) is 3.14. The van der Waals surface area contributed by atoms with E-state index in [-0.39, 0.29) is 30.7 Å². The Hall–Kier alpha value is -2.99. The molecule has 12 heteroatoms. The molecule has 5 N–H and O–H groups in total. The number of benzene rings is 1. The second-order valence-corrected chi connectivity index (χ2v) is 14.9. The molecule has 1 fully saturated rings. The molecule has 1 aromatic rings. The van der Waals surface area contributed by atoms with Crippen molar-refractivity contribution in [3.05, 3.63) is 28.8 Å². The maximum absolute atomic E-state index is 13.3. The molecule has 2 aliphatic heterocycles. The summed E-state index contributed by atoms with van der Waals surface area (Å²) in [4.78, 5) is 41.4. The third-order valence-electron chi connectivity index (χ3n) is 9.32. The minimum absolute atomic E-state index is 0.0220. The van der Waals surface area contributed by atoms with Gasteiger partial charge in [0.05, 0.1) is 5.75 Å². The average Bonchev–Trinajstić information content (AvgIpc) is 3.28. The molecule has 0 saturated carbocycles. The zero-order valence-corrected chi connectivity index (χ0v) is 28.4. The predicted molar refractivity (Wildman–Crippen MR) is 180 cm³/mol. The maximum atomic E-state index is 13.3. The number of nitrogens with two attached hydrogens (primary N) is 2. The Bertz CT molecular complexity index is 1300. The lowest BCUT2D eigenvalue weighted by molar-refractivity contribution is -0.125. The standard InChI is InChI=1S/C33H54N6O5S/c1-25-23-27(38(3)32(35)42)24-26(2)28(25)17-22-45(43,44)39-20-18-33(19-21-39)31(41)36-30(37-33)16-14-12-10-8-6-4-5-7-9-11-13-15-29(34)40/h23-24H,4-22H2,1-3H3,(H2,34,40)(H2,35,42)(H,36,37,41). The fourth-order valence-electron chi connectivity index (χ4n) is 6.40. The lowest BCUT2D eigenvalue weighted by Gasteiger charge is -2.34. The molecule has 2 aliphatic rings. The third-order valence-corrected chi connectivity index (χ3v) is 11.2. The Balaban J connectivity index is 1.36. The van der Waals surface area contributed by atoms with E-state index in [9.17, 15) is 22.8 Å². The van der Waals surface area contributed by atoms with Gasteiger partial charge in [-0.3, -0.25) is 19.5 Å². The van der Waals surface area contributed by atoms with E-state index >= 15 is 0 Å². The Labute approximate surface area is 269 Å². The van der Waals surface area contributed by atoms with E-state index in [1.807, 2.05) is 26.0 Å². The van der Waals surface area contributed by atoms with E-state index in [0.29, 0.717) is 31.4 Å². The van der Waals surface area contributed by atoms with E-state index in [2.05, 4.69) is 5.32 Å². The molecule has 0 atom stereocenters. The number of sulfonamides is 1. The fourth-order valence-corrected chi connectivity index (χ4v) is 7.86. The Morgan fingerprint density at radius 2 is 1.40 bits per heavy atom. The van der Waals surface area contributed by atoms with Crippen LogP contribution >= 0.6 is 0 Å². The molecule has 45 heavy (non-hydrogen) atoms. The van der Waals surface area contributed by atoms with Gasteiger partial charge in [-0.1, -0.05) is 57.8 Å². The van der Waals surface area contributed by atoms with Crippen LogP contribution in [0.15, 0.2) is 17.1 Å². The molecule has 0 radical (unpaired) electrons. The number of nitrogens with zero attached hydrogens (tertiary/aromatic N) is 3. The van der Waals surface area contributed by atoms with Crippen molar-refractivity contribution in [1.82, 2.24) is 9.62 Å². The highest BCUT2D eigenvalue weighted by Crippen LogP contribution is 2.32. The van der Waals surface area contributed by atoms with Gasteiger partial charge in [-0.25, -0.2) is 17.5 Å². The molecule has 0 bridgehead atoms. The number of anilines is 1. The zero-order valence-electron chi connectivity index (χ0n) is 27.5. The summed E-state index contributed by atoms with van der Waals surface area (Å²) < 4.78 is 28.0. The van der Waals surface area contributed by atoms with E-state index in [1.54, 1.807) is 7.05 Å². The van der Waals surface area contributed by atoms with Crippen LogP contribution in [0.25, 0.3) is 0 Å². The molecule has 4 amide bonds. The van der Waals surface area contributed by atoms with Crippen molar-refractivity contribution in [2.24, 2.45) is 16.5 Å². The highest BCUT2D eigenvalue weighted by molar-refractivity contribution is 7.89. The largest absolute Gasteiger partial charge is 0.370 e. The van der Waals surface area contributed by atoms with Crippen molar-refractivity contribution in [2.75, 3.05) is 30.8 Å². The summed E-state index contributed by atoms with van der Waals surface area (Å²) >= 11 is 0. The SMILES string of the molecule is Cc1cc(N(C)C(N)=O)cc(C)c1CCS(=O)(=O)N1CCC2(CC1)N=C(CCCCCCCCCCCCCC(N)=O)NC2=O. The molecule has 1 spiro atoms. The molecule has 0 aromatic heterocycles. The second kappa shape index (κ2) is 17.1. The summed E-state index contributed by atoms with van der Waals surface area (Å²) in [6.07, 6.45) is 15.0. The van der Waals surface area contributed by atoms with Gasteiger partial charge >= 0.3 is 6.03 Å². The summed E-state index contributed by atoms with van der Waals surface area (Å²) in [5.41, 5.74) is 13.2. The molecule has 2 heterocycles. The van der Waals surface area contributed by atoms with Gasteiger partial charge in [-0.05, 0) is 74.8 Å². The van der Waals surface area contributed by atoms with Crippen molar-refractivity contribution in [3.63, 3.8) is 0 Å². The first kappa shape index (κ1) is 36.5. The minimum atomic E-state index is -3.52. The topological polar surface area (TPSA) is 168 Å². The first-order valence-electron chi connectivity index (χ1n) is 16.6. The molecule has 1 saturated heterocycles. The van der Waals surface area contributed by atoms with Crippen molar-refractivity contribution in [1.29, 1.82) is 0 Å². The normalized spacial score (nSPS) is 16.5. The highest BCUT2D eigenvalue weighted by Gasteiger charge is 2.47. The van der Waals surface area contributed by atoms with E-state index < -0.39 is 21.6 Å². The number of hydrogen-bond acceptors (Lipinski definition) is 6. The second-order valence-electron chi connectivity index (χ2n) is 12.8. The summed E-state index contributed by atoms with van der Waals surface area (Å²) in [7, 11) is -1.91.